The van der Waals surface area contributed by atoms with Crippen molar-refractivity contribution >= 4 is 0 Å². The standard InChI is InChI=1S/C15H25NO4/c1-3-19-15-12-13(6-7-16)4-5-14(15)20-11-10-18-9-8-17-2/h4-5,12H,3,6-11,16H2,1-2H3. The van der Waals surface area contributed by atoms with E-state index in [4.69, 9.17) is 24.7 Å². The number of rotatable bonds is 11. The molecule has 0 spiro atoms. The van der Waals surface area contributed by atoms with E-state index in [-0.39, 0.29) is 0 Å². The van der Waals surface area contributed by atoms with Gasteiger partial charge in [0.15, 0.2) is 11.5 Å². The van der Waals surface area contributed by atoms with Gasteiger partial charge in [-0.2, -0.15) is 0 Å². The Kier molecular flexibility index (Phi) is 8.78. The molecule has 2 N–H and O–H groups in total. The lowest BCUT2D eigenvalue weighted by atomic mass is 10.1. The van der Waals surface area contributed by atoms with Crippen LogP contribution in [0.25, 0.3) is 0 Å². The highest BCUT2D eigenvalue weighted by Crippen LogP contribution is 2.28. The molecule has 0 aliphatic heterocycles. The van der Waals surface area contributed by atoms with Crippen molar-refractivity contribution in [2.24, 2.45) is 5.73 Å². The Morgan fingerprint density at radius 1 is 1.00 bits per heavy atom. The van der Waals surface area contributed by atoms with Crippen molar-refractivity contribution in [1.82, 2.24) is 0 Å². The molecule has 114 valence electrons. The highest BCUT2D eigenvalue weighted by molar-refractivity contribution is 5.43. The van der Waals surface area contributed by atoms with E-state index < -0.39 is 0 Å². The van der Waals surface area contributed by atoms with Crippen molar-refractivity contribution in [3.05, 3.63) is 23.8 Å². The second-order valence-corrected chi connectivity index (χ2v) is 4.21. The average molecular weight is 283 g/mol. The van der Waals surface area contributed by atoms with Crippen LogP contribution in [0.3, 0.4) is 0 Å². The third-order valence-electron chi connectivity index (χ3n) is 2.66. The van der Waals surface area contributed by atoms with Crippen molar-refractivity contribution in [3.63, 3.8) is 0 Å². The zero-order valence-corrected chi connectivity index (χ0v) is 12.4. The van der Waals surface area contributed by atoms with Gasteiger partial charge in [-0.1, -0.05) is 6.07 Å². The van der Waals surface area contributed by atoms with Gasteiger partial charge in [0, 0.05) is 7.11 Å². The Morgan fingerprint density at radius 2 is 1.80 bits per heavy atom. The van der Waals surface area contributed by atoms with Crippen molar-refractivity contribution in [3.8, 4) is 11.5 Å². The van der Waals surface area contributed by atoms with E-state index >= 15 is 0 Å². The molecule has 0 fully saturated rings. The summed E-state index contributed by atoms with van der Waals surface area (Å²) in [6, 6.07) is 5.92. The molecule has 0 atom stereocenters. The first-order chi connectivity index (χ1) is 9.81. The molecule has 0 aliphatic rings. The highest BCUT2D eigenvalue weighted by Gasteiger charge is 2.06. The second-order valence-electron chi connectivity index (χ2n) is 4.21. The van der Waals surface area contributed by atoms with Gasteiger partial charge in [0.25, 0.3) is 0 Å². The van der Waals surface area contributed by atoms with Crippen LogP contribution >= 0.6 is 0 Å². The van der Waals surface area contributed by atoms with E-state index in [1.165, 1.54) is 0 Å². The Balaban J connectivity index is 2.46. The van der Waals surface area contributed by atoms with E-state index in [0.717, 1.165) is 23.5 Å². The minimum absolute atomic E-state index is 0.486. The van der Waals surface area contributed by atoms with E-state index in [2.05, 4.69) is 0 Å². The minimum Gasteiger partial charge on any atom is -0.490 e. The maximum atomic E-state index is 5.68. The summed E-state index contributed by atoms with van der Waals surface area (Å²) in [5, 5.41) is 0. The molecule has 0 unspecified atom stereocenters. The van der Waals surface area contributed by atoms with Gasteiger partial charge < -0.3 is 24.7 Å². The minimum atomic E-state index is 0.486. The van der Waals surface area contributed by atoms with Crippen LogP contribution in [0.1, 0.15) is 12.5 Å². The van der Waals surface area contributed by atoms with Crippen molar-refractivity contribution in [1.29, 1.82) is 0 Å². The summed E-state index contributed by atoms with van der Waals surface area (Å²) in [7, 11) is 1.65. The predicted molar refractivity (Wildman–Crippen MR) is 78.6 cm³/mol. The molecule has 0 aliphatic carbocycles. The fourth-order valence-corrected chi connectivity index (χ4v) is 1.72. The van der Waals surface area contributed by atoms with Gasteiger partial charge in [-0.15, -0.1) is 0 Å². The number of methoxy groups -OCH3 is 1. The lowest BCUT2D eigenvalue weighted by Crippen LogP contribution is -2.11. The highest BCUT2D eigenvalue weighted by atomic mass is 16.5. The Hall–Kier alpha value is -1.30. The average Bonchev–Trinajstić information content (AvgIpc) is 2.45. The fraction of sp³-hybridized carbons (Fsp3) is 0.600. The van der Waals surface area contributed by atoms with Gasteiger partial charge in [-0.25, -0.2) is 0 Å². The molecule has 1 rings (SSSR count). The molecule has 0 bridgehead atoms. The zero-order valence-electron chi connectivity index (χ0n) is 12.4. The zero-order chi connectivity index (χ0) is 14.6. The predicted octanol–water partition coefficient (Wildman–Crippen LogP) is 1.63. The van der Waals surface area contributed by atoms with Gasteiger partial charge in [0.2, 0.25) is 0 Å². The second kappa shape index (κ2) is 10.5. The summed E-state index contributed by atoms with van der Waals surface area (Å²) in [4.78, 5) is 0. The molecule has 5 heteroatoms. The van der Waals surface area contributed by atoms with E-state index in [9.17, 15) is 0 Å². The largest absolute Gasteiger partial charge is 0.490 e. The smallest absolute Gasteiger partial charge is 0.161 e. The summed E-state index contributed by atoms with van der Waals surface area (Å²) in [5.74, 6) is 1.50. The fourth-order valence-electron chi connectivity index (χ4n) is 1.72. The maximum absolute atomic E-state index is 5.68. The van der Waals surface area contributed by atoms with Crippen LogP contribution in [0.4, 0.5) is 0 Å². The summed E-state index contributed by atoms with van der Waals surface area (Å²) in [6.07, 6.45) is 0.834. The first-order valence-corrected chi connectivity index (χ1v) is 6.97. The van der Waals surface area contributed by atoms with Crippen LogP contribution in [-0.2, 0) is 15.9 Å². The Labute approximate surface area is 121 Å². The Bertz CT molecular complexity index is 371. The van der Waals surface area contributed by atoms with Gasteiger partial charge >= 0.3 is 0 Å². The molecular formula is C15H25NO4. The van der Waals surface area contributed by atoms with Crippen LogP contribution in [0.2, 0.25) is 0 Å². The lowest BCUT2D eigenvalue weighted by molar-refractivity contribution is 0.0539. The third-order valence-corrected chi connectivity index (χ3v) is 2.66. The molecule has 1 aromatic rings. The molecule has 0 aromatic heterocycles. The van der Waals surface area contributed by atoms with Crippen molar-refractivity contribution in [2.45, 2.75) is 13.3 Å². The van der Waals surface area contributed by atoms with Crippen LogP contribution in [-0.4, -0.2) is 46.7 Å². The molecule has 20 heavy (non-hydrogen) atoms. The number of hydrogen-bond acceptors (Lipinski definition) is 5. The number of benzene rings is 1. The van der Waals surface area contributed by atoms with Crippen LogP contribution in [0.5, 0.6) is 11.5 Å². The van der Waals surface area contributed by atoms with Gasteiger partial charge in [-0.3, -0.25) is 0 Å². The first-order valence-electron chi connectivity index (χ1n) is 6.97. The van der Waals surface area contributed by atoms with Crippen LogP contribution in [0, 0.1) is 0 Å². The van der Waals surface area contributed by atoms with Crippen LogP contribution in [0.15, 0.2) is 18.2 Å². The quantitative estimate of drug-likeness (QED) is 0.625. The number of hydrogen-bond donors (Lipinski definition) is 1. The van der Waals surface area contributed by atoms with Crippen LogP contribution < -0.4 is 15.2 Å². The van der Waals surface area contributed by atoms with Crippen molar-refractivity contribution in [2.75, 3.05) is 46.7 Å². The monoisotopic (exact) mass is 283 g/mol. The van der Waals surface area contributed by atoms with Gasteiger partial charge in [0.1, 0.15) is 6.61 Å². The van der Waals surface area contributed by atoms with E-state index in [1.54, 1.807) is 7.11 Å². The summed E-state index contributed by atoms with van der Waals surface area (Å²) < 4.78 is 21.5. The summed E-state index contributed by atoms with van der Waals surface area (Å²) in [5.41, 5.74) is 6.71. The number of ether oxygens (including phenoxy) is 4. The summed E-state index contributed by atoms with van der Waals surface area (Å²) in [6.45, 7) is 5.37. The third kappa shape index (κ3) is 6.23. The lowest BCUT2D eigenvalue weighted by Gasteiger charge is -2.13. The SMILES string of the molecule is CCOc1cc(CCN)ccc1OCCOCCOC. The maximum Gasteiger partial charge on any atom is 0.161 e. The van der Waals surface area contributed by atoms with Gasteiger partial charge in [0.05, 0.1) is 26.4 Å². The molecule has 0 amide bonds. The topological polar surface area (TPSA) is 62.9 Å². The normalized spacial score (nSPS) is 10.6. The molecule has 1 aromatic carbocycles. The van der Waals surface area contributed by atoms with Crippen molar-refractivity contribution < 1.29 is 18.9 Å². The molecule has 0 radical (unpaired) electrons. The molecular weight excluding hydrogens is 258 g/mol. The summed E-state index contributed by atoms with van der Waals surface area (Å²) >= 11 is 0. The van der Waals surface area contributed by atoms with E-state index in [1.807, 2.05) is 25.1 Å². The molecule has 0 saturated heterocycles. The molecule has 0 saturated carbocycles. The van der Waals surface area contributed by atoms with Gasteiger partial charge in [-0.05, 0) is 37.6 Å². The molecule has 5 nitrogen and oxygen atoms in total. The first kappa shape index (κ1) is 16.8. The Morgan fingerprint density at radius 3 is 2.50 bits per heavy atom. The number of nitrogens with two attached hydrogens (primary N) is 1. The van der Waals surface area contributed by atoms with E-state index in [0.29, 0.717) is 39.6 Å². The molecule has 0 heterocycles.